The second-order valence-electron chi connectivity index (χ2n) is 4.76. The van der Waals surface area contributed by atoms with Gasteiger partial charge >= 0.3 is 5.76 Å². The smallest absolute Gasteiger partial charge is 0.408 e. The first kappa shape index (κ1) is 15.0. The lowest BCUT2D eigenvalue weighted by molar-refractivity contribution is -0.131. The molecule has 1 aromatic heterocycles. The van der Waals surface area contributed by atoms with Crippen molar-refractivity contribution in [3.63, 3.8) is 0 Å². The van der Waals surface area contributed by atoms with Gasteiger partial charge in [0.05, 0.1) is 5.52 Å². The summed E-state index contributed by atoms with van der Waals surface area (Å²) in [6.45, 7) is 6.34. The van der Waals surface area contributed by atoms with Crippen LogP contribution in [0.5, 0.6) is 0 Å². The van der Waals surface area contributed by atoms with Crippen LogP contribution in [0.15, 0.2) is 27.4 Å². The lowest BCUT2D eigenvalue weighted by Crippen LogP contribution is -2.35. The molecular formula is C15H18N2O4. The number of oxazole rings is 1. The van der Waals surface area contributed by atoms with Crippen molar-refractivity contribution in [2.45, 2.75) is 27.3 Å². The Labute approximate surface area is 122 Å². The van der Waals surface area contributed by atoms with Crippen LogP contribution in [0.2, 0.25) is 0 Å². The van der Waals surface area contributed by atoms with Crippen molar-refractivity contribution in [1.29, 1.82) is 0 Å². The number of carbonyl (C=O) groups excluding carboxylic acids is 2. The van der Waals surface area contributed by atoms with Crippen LogP contribution in [0.25, 0.3) is 11.1 Å². The quantitative estimate of drug-likeness (QED) is 0.785. The molecule has 6 nitrogen and oxygen atoms in total. The van der Waals surface area contributed by atoms with Crippen LogP contribution >= 0.6 is 0 Å². The minimum absolute atomic E-state index is 0.0626. The number of carbonyl (C=O) groups is 2. The maximum Gasteiger partial charge on any atom is 0.420 e. The van der Waals surface area contributed by atoms with Crippen LogP contribution in [0.3, 0.4) is 0 Å². The third kappa shape index (κ3) is 2.89. The van der Waals surface area contributed by atoms with Crippen LogP contribution in [0, 0.1) is 0 Å². The molecule has 1 aromatic carbocycles. The summed E-state index contributed by atoms with van der Waals surface area (Å²) in [6.07, 6.45) is 0. The molecule has 1 heterocycles. The Morgan fingerprint density at radius 2 is 1.90 bits per heavy atom. The Morgan fingerprint density at radius 3 is 2.48 bits per heavy atom. The van der Waals surface area contributed by atoms with E-state index in [0.29, 0.717) is 29.8 Å². The summed E-state index contributed by atoms with van der Waals surface area (Å²) in [5.74, 6) is -0.835. The molecule has 6 heteroatoms. The first-order valence-corrected chi connectivity index (χ1v) is 6.90. The highest BCUT2D eigenvalue weighted by atomic mass is 16.4. The molecule has 0 saturated heterocycles. The number of benzene rings is 1. The highest BCUT2D eigenvalue weighted by molar-refractivity contribution is 5.97. The zero-order valence-electron chi connectivity index (χ0n) is 12.4. The van der Waals surface area contributed by atoms with E-state index in [1.54, 1.807) is 17.0 Å². The summed E-state index contributed by atoms with van der Waals surface area (Å²) in [6, 6.07) is 4.78. The summed E-state index contributed by atoms with van der Waals surface area (Å²) >= 11 is 0. The minimum Gasteiger partial charge on any atom is -0.408 e. The van der Waals surface area contributed by atoms with E-state index >= 15 is 0 Å². The Balaban J connectivity index is 2.41. The summed E-state index contributed by atoms with van der Waals surface area (Å²) in [5.41, 5.74) is 1.31. The molecule has 0 radical (unpaired) electrons. The second kappa shape index (κ2) is 5.95. The van der Waals surface area contributed by atoms with Crippen LogP contribution in [-0.2, 0) is 11.3 Å². The number of amides is 1. The molecule has 0 N–H and O–H groups in total. The lowest BCUT2D eigenvalue weighted by atomic mass is 10.1. The van der Waals surface area contributed by atoms with Crippen LogP contribution < -0.4 is 5.76 Å². The molecular weight excluding hydrogens is 272 g/mol. The largest absolute Gasteiger partial charge is 0.420 e. The van der Waals surface area contributed by atoms with E-state index < -0.39 is 5.76 Å². The first-order chi connectivity index (χ1) is 9.97. The van der Waals surface area contributed by atoms with E-state index in [1.165, 1.54) is 17.6 Å². The van der Waals surface area contributed by atoms with Crippen molar-refractivity contribution >= 4 is 22.8 Å². The molecule has 0 spiro atoms. The number of hydrogen-bond donors (Lipinski definition) is 0. The van der Waals surface area contributed by atoms with Gasteiger partial charge in [0.25, 0.3) is 0 Å². The van der Waals surface area contributed by atoms with Crippen molar-refractivity contribution < 1.29 is 14.0 Å². The maximum absolute atomic E-state index is 12.1. The van der Waals surface area contributed by atoms with Gasteiger partial charge in [-0.05, 0) is 39.0 Å². The number of Topliss-reactive ketones (excluding diaryl/α,β-unsaturated/α-hetero) is 1. The molecule has 2 rings (SSSR count). The standard InChI is InChI=1S/C15H18N2O4/c1-4-16(5-2)14(19)9-17-12-7-6-11(10(3)18)8-13(12)21-15(17)20/h6-8H,4-5,9H2,1-3H3. The van der Waals surface area contributed by atoms with E-state index in [2.05, 4.69) is 0 Å². The third-order valence-corrected chi connectivity index (χ3v) is 3.48. The summed E-state index contributed by atoms with van der Waals surface area (Å²) in [5, 5.41) is 0. The van der Waals surface area contributed by atoms with E-state index in [4.69, 9.17) is 4.42 Å². The SMILES string of the molecule is CCN(CC)C(=O)Cn1c(=O)oc2cc(C(C)=O)ccc21. The van der Waals surface area contributed by atoms with Gasteiger partial charge in [0, 0.05) is 18.7 Å². The van der Waals surface area contributed by atoms with Crippen LogP contribution in [0.4, 0.5) is 0 Å². The van der Waals surface area contributed by atoms with Gasteiger partial charge in [0.2, 0.25) is 5.91 Å². The fraction of sp³-hybridized carbons (Fsp3) is 0.400. The Morgan fingerprint density at radius 1 is 1.24 bits per heavy atom. The Bertz CT molecular complexity index is 738. The summed E-state index contributed by atoms with van der Waals surface area (Å²) in [4.78, 5) is 37.0. The third-order valence-electron chi connectivity index (χ3n) is 3.48. The van der Waals surface area contributed by atoms with Crippen molar-refractivity contribution in [3.8, 4) is 0 Å². The highest BCUT2D eigenvalue weighted by Crippen LogP contribution is 2.15. The van der Waals surface area contributed by atoms with Crippen LogP contribution in [-0.4, -0.2) is 34.2 Å². The van der Waals surface area contributed by atoms with Crippen molar-refractivity contribution in [3.05, 3.63) is 34.3 Å². The van der Waals surface area contributed by atoms with Gasteiger partial charge < -0.3 is 9.32 Å². The number of ketones is 1. The Kier molecular flexibility index (Phi) is 4.26. The number of aromatic nitrogens is 1. The topological polar surface area (TPSA) is 72.5 Å². The van der Waals surface area contributed by atoms with E-state index in [1.807, 2.05) is 13.8 Å². The zero-order valence-corrected chi connectivity index (χ0v) is 12.4. The molecule has 0 fully saturated rings. The molecule has 0 saturated carbocycles. The zero-order chi connectivity index (χ0) is 15.6. The average molecular weight is 290 g/mol. The molecule has 1 amide bonds. The van der Waals surface area contributed by atoms with Gasteiger partial charge in [0.1, 0.15) is 6.54 Å². The molecule has 2 aromatic rings. The predicted molar refractivity (Wildman–Crippen MR) is 78.4 cm³/mol. The lowest BCUT2D eigenvalue weighted by Gasteiger charge is -2.18. The van der Waals surface area contributed by atoms with Gasteiger partial charge in [-0.2, -0.15) is 0 Å². The van der Waals surface area contributed by atoms with Gasteiger partial charge in [-0.3, -0.25) is 14.2 Å². The van der Waals surface area contributed by atoms with Gasteiger partial charge in [-0.25, -0.2) is 4.79 Å². The Hall–Kier alpha value is -2.37. The van der Waals surface area contributed by atoms with Crippen molar-refractivity contribution in [2.24, 2.45) is 0 Å². The molecule has 0 aliphatic carbocycles. The fourth-order valence-corrected chi connectivity index (χ4v) is 2.25. The summed E-state index contributed by atoms with van der Waals surface area (Å²) < 4.78 is 6.41. The number of rotatable bonds is 5. The highest BCUT2D eigenvalue weighted by Gasteiger charge is 2.16. The van der Waals surface area contributed by atoms with Gasteiger partial charge in [0.15, 0.2) is 11.4 Å². The molecule has 0 unspecified atom stereocenters. The summed E-state index contributed by atoms with van der Waals surface area (Å²) in [7, 11) is 0. The van der Waals surface area contributed by atoms with E-state index in [9.17, 15) is 14.4 Å². The average Bonchev–Trinajstić information content (AvgIpc) is 2.75. The van der Waals surface area contributed by atoms with E-state index in [0.717, 1.165) is 0 Å². The molecule has 0 atom stereocenters. The molecule has 0 aliphatic heterocycles. The van der Waals surface area contributed by atoms with Gasteiger partial charge in [-0.15, -0.1) is 0 Å². The molecule has 112 valence electrons. The number of hydrogen-bond acceptors (Lipinski definition) is 4. The second-order valence-corrected chi connectivity index (χ2v) is 4.76. The fourth-order valence-electron chi connectivity index (χ4n) is 2.25. The molecule has 0 bridgehead atoms. The van der Waals surface area contributed by atoms with Gasteiger partial charge in [-0.1, -0.05) is 0 Å². The molecule has 0 aliphatic rings. The predicted octanol–water partition coefficient (Wildman–Crippen LogP) is 1.67. The number of fused-ring (bicyclic) bond motifs is 1. The van der Waals surface area contributed by atoms with Crippen LogP contribution in [0.1, 0.15) is 31.1 Å². The number of nitrogens with zero attached hydrogens (tertiary/aromatic N) is 2. The minimum atomic E-state index is -0.591. The monoisotopic (exact) mass is 290 g/mol. The first-order valence-electron chi connectivity index (χ1n) is 6.90. The maximum atomic E-state index is 12.1. The van der Waals surface area contributed by atoms with Crippen molar-refractivity contribution in [2.75, 3.05) is 13.1 Å². The van der Waals surface area contributed by atoms with Crippen molar-refractivity contribution in [1.82, 2.24) is 9.47 Å². The molecule has 21 heavy (non-hydrogen) atoms. The van der Waals surface area contributed by atoms with E-state index in [-0.39, 0.29) is 18.2 Å². The normalized spacial score (nSPS) is 10.8. The number of likely N-dealkylation sites (N-methyl/N-ethyl adjacent to an activating group) is 1.